The predicted molar refractivity (Wildman–Crippen MR) is 132 cm³/mol. The predicted octanol–water partition coefficient (Wildman–Crippen LogP) is 2.42. The molecule has 2 fully saturated rings. The number of likely N-dealkylation sites (tertiary alicyclic amines) is 1. The van der Waals surface area contributed by atoms with Crippen LogP contribution in [-0.2, 0) is 4.79 Å². The number of rotatable bonds is 6. The summed E-state index contributed by atoms with van der Waals surface area (Å²) >= 11 is 0. The average molecular weight is 547 g/mol. The first kappa shape index (κ1) is 25.6. The highest BCUT2D eigenvalue weighted by atomic mass is 127. The summed E-state index contributed by atoms with van der Waals surface area (Å²) in [7, 11) is 1.78. The third-order valence-corrected chi connectivity index (χ3v) is 5.65. The van der Waals surface area contributed by atoms with Crippen molar-refractivity contribution in [1.82, 2.24) is 20.0 Å². The molecule has 7 nitrogen and oxygen atoms in total. The van der Waals surface area contributed by atoms with E-state index in [9.17, 15) is 9.18 Å². The van der Waals surface area contributed by atoms with Gasteiger partial charge in [0.25, 0.3) is 0 Å². The minimum absolute atomic E-state index is 0. The summed E-state index contributed by atoms with van der Waals surface area (Å²) in [5, 5.41) is 3.36. The molecular weight excluding hydrogens is 512 g/mol. The van der Waals surface area contributed by atoms with Gasteiger partial charge in [-0.05, 0) is 50.5 Å². The number of hydrogen-bond donors (Lipinski definition) is 1. The number of aliphatic imine (C=N–C) groups is 1. The molecule has 0 bridgehead atoms. The van der Waals surface area contributed by atoms with Gasteiger partial charge in [0.1, 0.15) is 17.7 Å². The summed E-state index contributed by atoms with van der Waals surface area (Å²) in [5.41, 5.74) is 0. The molecule has 1 amide bonds. The number of piperidine rings is 1. The third kappa shape index (κ3) is 8.10. The minimum Gasteiger partial charge on any atom is -0.489 e. The van der Waals surface area contributed by atoms with Crippen molar-refractivity contribution in [3.05, 3.63) is 30.1 Å². The van der Waals surface area contributed by atoms with E-state index in [4.69, 9.17) is 4.74 Å². The van der Waals surface area contributed by atoms with Gasteiger partial charge in [0, 0.05) is 46.3 Å². The number of ether oxygens (including phenoxy) is 1. The molecule has 0 saturated carbocycles. The van der Waals surface area contributed by atoms with Gasteiger partial charge in [0.15, 0.2) is 5.96 Å². The van der Waals surface area contributed by atoms with Crippen LogP contribution in [0.2, 0.25) is 0 Å². The lowest BCUT2D eigenvalue weighted by Crippen LogP contribution is -2.55. The quantitative estimate of drug-likeness (QED) is 0.337. The Kier molecular flexibility index (Phi) is 10.8. The van der Waals surface area contributed by atoms with E-state index >= 15 is 0 Å². The summed E-state index contributed by atoms with van der Waals surface area (Å²) in [6.07, 6.45) is 3.41. The van der Waals surface area contributed by atoms with Crippen LogP contribution in [0.15, 0.2) is 29.3 Å². The van der Waals surface area contributed by atoms with Crippen LogP contribution in [0.3, 0.4) is 0 Å². The highest BCUT2D eigenvalue weighted by molar-refractivity contribution is 14.0. The molecule has 174 valence electrons. The fourth-order valence-corrected chi connectivity index (χ4v) is 3.91. The van der Waals surface area contributed by atoms with Crippen LogP contribution in [0, 0.1) is 5.82 Å². The van der Waals surface area contributed by atoms with Crippen LogP contribution < -0.4 is 10.1 Å². The molecule has 1 atom stereocenters. The largest absolute Gasteiger partial charge is 0.489 e. The van der Waals surface area contributed by atoms with E-state index in [2.05, 4.69) is 20.1 Å². The lowest BCUT2D eigenvalue weighted by Gasteiger charge is -2.37. The second kappa shape index (κ2) is 13.0. The summed E-state index contributed by atoms with van der Waals surface area (Å²) in [5.74, 6) is 1.47. The molecule has 2 aliphatic heterocycles. The van der Waals surface area contributed by atoms with E-state index in [-0.39, 0.29) is 41.8 Å². The van der Waals surface area contributed by atoms with Gasteiger partial charge in [-0.2, -0.15) is 0 Å². The molecule has 0 aromatic heterocycles. The van der Waals surface area contributed by atoms with Gasteiger partial charge in [0.05, 0.1) is 13.1 Å². The van der Waals surface area contributed by atoms with Crippen molar-refractivity contribution in [2.24, 2.45) is 4.99 Å². The van der Waals surface area contributed by atoms with Crippen molar-refractivity contribution in [3.8, 4) is 5.75 Å². The molecule has 9 heteroatoms. The van der Waals surface area contributed by atoms with Gasteiger partial charge in [-0.15, -0.1) is 24.0 Å². The number of carbonyl (C=O) groups excluding carboxylic acids is 1. The first-order chi connectivity index (χ1) is 14.5. The summed E-state index contributed by atoms with van der Waals surface area (Å²) in [4.78, 5) is 23.3. The Balaban J connectivity index is 0.00000341. The van der Waals surface area contributed by atoms with Gasteiger partial charge in [-0.25, -0.2) is 4.39 Å². The van der Waals surface area contributed by atoms with E-state index in [1.807, 2.05) is 11.8 Å². The smallest absolute Gasteiger partial charge is 0.236 e. The van der Waals surface area contributed by atoms with Crippen molar-refractivity contribution in [2.75, 3.05) is 59.4 Å². The number of guanidine groups is 1. The van der Waals surface area contributed by atoms with Crippen LogP contribution in [0.4, 0.5) is 4.39 Å². The molecule has 0 aliphatic carbocycles. The van der Waals surface area contributed by atoms with E-state index in [0.717, 1.165) is 58.1 Å². The Bertz CT molecular complexity index is 704. The number of benzene rings is 1. The van der Waals surface area contributed by atoms with E-state index in [0.29, 0.717) is 18.8 Å². The SMILES string of the molecule is CN=C(NCC(C)Oc1ccc(F)cc1)N1CCN(CC(=O)N2CCCCC2)CC1.I. The van der Waals surface area contributed by atoms with Crippen LogP contribution in [-0.4, -0.2) is 92.1 Å². The summed E-state index contributed by atoms with van der Waals surface area (Å²) in [6, 6.07) is 6.05. The molecule has 0 spiro atoms. The second-order valence-electron chi connectivity index (χ2n) is 8.02. The van der Waals surface area contributed by atoms with E-state index < -0.39 is 0 Å². The number of piperazine rings is 1. The molecule has 2 saturated heterocycles. The standard InChI is InChI=1S/C22H34FN5O2.HI/c1-18(30-20-8-6-19(23)7-9-20)16-25-22(24-2)28-14-12-26(13-15-28)17-21(29)27-10-4-3-5-11-27;/h6-9,18H,3-5,10-17H2,1-2H3,(H,24,25);1H. The fourth-order valence-electron chi connectivity index (χ4n) is 3.91. The first-order valence-corrected chi connectivity index (χ1v) is 10.9. The normalized spacial score (nSPS) is 18.9. The van der Waals surface area contributed by atoms with Gasteiger partial charge in [-0.3, -0.25) is 14.7 Å². The topological polar surface area (TPSA) is 60.4 Å². The number of nitrogens with one attached hydrogen (secondary N) is 1. The average Bonchev–Trinajstić information content (AvgIpc) is 2.77. The molecule has 1 unspecified atom stereocenters. The zero-order chi connectivity index (χ0) is 21.3. The van der Waals surface area contributed by atoms with Gasteiger partial charge in [0.2, 0.25) is 5.91 Å². The second-order valence-corrected chi connectivity index (χ2v) is 8.02. The van der Waals surface area contributed by atoms with Crippen LogP contribution in [0.5, 0.6) is 5.75 Å². The monoisotopic (exact) mass is 547 g/mol. The summed E-state index contributed by atoms with van der Waals surface area (Å²) in [6.45, 7) is 8.26. The van der Waals surface area contributed by atoms with Crippen LogP contribution >= 0.6 is 24.0 Å². The Labute approximate surface area is 202 Å². The van der Waals surface area contributed by atoms with Gasteiger partial charge >= 0.3 is 0 Å². The Hall–Kier alpha value is -1.62. The maximum atomic E-state index is 13.0. The number of halogens is 2. The van der Waals surface area contributed by atoms with E-state index in [1.165, 1.54) is 18.6 Å². The van der Waals surface area contributed by atoms with Crippen molar-refractivity contribution >= 4 is 35.8 Å². The molecule has 0 radical (unpaired) electrons. The molecule has 1 aromatic rings. The molecule has 2 heterocycles. The first-order valence-electron chi connectivity index (χ1n) is 10.9. The molecule has 1 N–H and O–H groups in total. The lowest BCUT2D eigenvalue weighted by atomic mass is 10.1. The number of nitrogens with zero attached hydrogens (tertiary/aromatic N) is 4. The van der Waals surface area contributed by atoms with Crippen molar-refractivity contribution < 1.29 is 13.9 Å². The van der Waals surface area contributed by atoms with Crippen molar-refractivity contribution in [1.29, 1.82) is 0 Å². The Morgan fingerprint density at radius 2 is 1.71 bits per heavy atom. The van der Waals surface area contributed by atoms with Crippen LogP contribution in [0.25, 0.3) is 0 Å². The van der Waals surface area contributed by atoms with E-state index in [1.54, 1.807) is 19.2 Å². The number of amides is 1. The zero-order valence-corrected chi connectivity index (χ0v) is 20.9. The number of hydrogen-bond acceptors (Lipinski definition) is 4. The third-order valence-electron chi connectivity index (χ3n) is 5.65. The minimum atomic E-state index is -0.273. The molecule has 3 rings (SSSR count). The maximum Gasteiger partial charge on any atom is 0.236 e. The molecule has 31 heavy (non-hydrogen) atoms. The number of carbonyl (C=O) groups is 1. The molecular formula is C22H35FIN5O2. The van der Waals surface area contributed by atoms with Gasteiger partial charge in [-0.1, -0.05) is 0 Å². The molecule has 1 aromatic carbocycles. The van der Waals surface area contributed by atoms with Gasteiger partial charge < -0.3 is 19.9 Å². The highest BCUT2D eigenvalue weighted by Crippen LogP contribution is 2.13. The van der Waals surface area contributed by atoms with Crippen LogP contribution in [0.1, 0.15) is 26.2 Å². The maximum absolute atomic E-state index is 13.0. The molecule has 2 aliphatic rings. The van der Waals surface area contributed by atoms with Crippen molar-refractivity contribution in [2.45, 2.75) is 32.3 Å². The Morgan fingerprint density at radius 1 is 1.06 bits per heavy atom. The highest BCUT2D eigenvalue weighted by Gasteiger charge is 2.24. The Morgan fingerprint density at radius 3 is 2.32 bits per heavy atom. The summed E-state index contributed by atoms with van der Waals surface area (Å²) < 4.78 is 18.8. The zero-order valence-electron chi connectivity index (χ0n) is 18.6. The van der Waals surface area contributed by atoms with Crippen molar-refractivity contribution in [3.63, 3.8) is 0 Å². The fraction of sp³-hybridized carbons (Fsp3) is 0.636. The lowest BCUT2D eigenvalue weighted by molar-refractivity contribution is -0.133.